The van der Waals surface area contributed by atoms with Crippen LogP contribution < -0.4 is 0 Å². The Labute approximate surface area is 199 Å². The summed E-state index contributed by atoms with van der Waals surface area (Å²) in [4.78, 5) is 31.2. The smallest absolute Gasteiger partial charge is 0.325 e. The van der Waals surface area contributed by atoms with Crippen LogP contribution in [0.3, 0.4) is 0 Å². The van der Waals surface area contributed by atoms with Gasteiger partial charge in [0.2, 0.25) is 5.90 Å². The number of carbonyl (C=O) groups excluding carboxylic acids is 2. The third-order valence-corrected chi connectivity index (χ3v) is 5.66. The van der Waals surface area contributed by atoms with Crippen molar-refractivity contribution in [2.24, 2.45) is 4.99 Å². The van der Waals surface area contributed by atoms with Gasteiger partial charge in [-0.1, -0.05) is 78.4 Å². The molecule has 5 rings (SSSR count). The minimum atomic E-state index is -0.710. The number of carbonyl (C=O) groups is 2. The highest BCUT2D eigenvalue weighted by atomic mass is 16.5. The lowest BCUT2D eigenvalue weighted by Gasteiger charge is -2.21. The topological polar surface area (TPSA) is 68.2 Å². The first-order valence-electron chi connectivity index (χ1n) is 11.4. The second-order valence-corrected chi connectivity index (χ2v) is 8.14. The van der Waals surface area contributed by atoms with E-state index in [-0.39, 0.29) is 19.1 Å². The van der Waals surface area contributed by atoms with Gasteiger partial charge < -0.3 is 14.4 Å². The van der Waals surface area contributed by atoms with Crippen LogP contribution in [-0.4, -0.2) is 41.9 Å². The monoisotopic (exact) mass is 456 g/mol. The van der Waals surface area contributed by atoms with E-state index in [0.29, 0.717) is 12.4 Å². The molecule has 0 fully saturated rings. The van der Waals surface area contributed by atoms with E-state index in [2.05, 4.69) is 24.0 Å². The van der Waals surface area contributed by atoms with Crippen LogP contribution in [0.1, 0.15) is 35.3 Å². The van der Waals surface area contributed by atoms with Gasteiger partial charge in [-0.15, -0.1) is 0 Å². The van der Waals surface area contributed by atoms with E-state index in [1.165, 1.54) is 10.5 Å². The highest BCUT2D eigenvalue weighted by molar-refractivity contribution is 5.99. The number of ether oxygens (including phenoxy) is 2. The second-order valence-electron chi connectivity index (χ2n) is 8.14. The number of fused-ring (bicyclic) bond motifs is 3. The first-order valence-corrected chi connectivity index (χ1v) is 11.4. The van der Waals surface area contributed by atoms with Crippen molar-refractivity contribution in [2.75, 3.05) is 13.2 Å². The fourth-order valence-electron chi connectivity index (χ4n) is 4.01. The van der Waals surface area contributed by atoms with Gasteiger partial charge in [0, 0.05) is 17.7 Å². The number of esters is 1. The average molecular weight is 457 g/mol. The Balaban J connectivity index is 0.000000336. The Kier molecular flexibility index (Phi) is 7.38. The molecule has 0 aromatic heterocycles. The molecule has 2 unspecified atom stereocenters. The molecule has 0 N–H and O–H groups in total. The Morgan fingerprint density at radius 2 is 1.65 bits per heavy atom. The van der Waals surface area contributed by atoms with Crippen LogP contribution in [0.25, 0.3) is 0 Å². The van der Waals surface area contributed by atoms with E-state index in [1.54, 1.807) is 6.92 Å². The molecule has 0 saturated heterocycles. The lowest BCUT2D eigenvalue weighted by atomic mass is 9.99. The summed E-state index contributed by atoms with van der Waals surface area (Å²) in [5, 5.41) is 0. The van der Waals surface area contributed by atoms with Crippen molar-refractivity contribution in [1.82, 2.24) is 4.90 Å². The van der Waals surface area contributed by atoms with Crippen LogP contribution in [0.2, 0.25) is 0 Å². The van der Waals surface area contributed by atoms with Crippen LogP contribution in [0, 0.1) is 6.92 Å². The second kappa shape index (κ2) is 10.8. The third kappa shape index (κ3) is 5.34. The van der Waals surface area contributed by atoms with Gasteiger partial charge in [-0.05, 0) is 31.5 Å². The van der Waals surface area contributed by atoms with Crippen molar-refractivity contribution in [3.05, 3.63) is 107 Å². The summed E-state index contributed by atoms with van der Waals surface area (Å²) in [5.74, 6) is -0.199. The van der Waals surface area contributed by atoms with E-state index >= 15 is 0 Å². The number of hydrogen-bond acceptors (Lipinski definition) is 5. The van der Waals surface area contributed by atoms with E-state index < -0.39 is 18.1 Å². The molecular formula is C28H28N2O4. The van der Waals surface area contributed by atoms with Crippen molar-refractivity contribution in [3.63, 3.8) is 0 Å². The van der Waals surface area contributed by atoms with Crippen molar-refractivity contribution in [3.8, 4) is 0 Å². The molecule has 6 heteroatoms. The number of nitrogens with zero attached hydrogens (tertiary/aromatic N) is 2. The maximum Gasteiger partial charge on any atom is 0.325 e. The van der Waals surface area contributed by atoms with E-state index in [0.717, 1.165) is 16.7 Å². The molecule has 0 saturated carbocycles. The predicted octanol–water partition coefficient (Wildman–Crippen LogP) is 4.47. The molecular weight excluding hydrogens is 428 g/mol. The van der Waals surface area contributed by atoms with Gasteiger partial charge in [-0.25, -0.2) is 4.99 Å². The molecule has 0 spiro atoms. The van der Waals surface area contributed by atoms with E-state index in [9.17, 15) is 9.59 Å². The molecule has 1 amide bonds. The number of amides is 1. The zero-order valence-electron chi connectivity index (χ0n) is 19.4. The average Bonchev–Trinajstić information content (AvgIpc) is 3.27. The minimum absolute atomic E-state index is 0.0968. The molecule has 0 aliphatic carbocycles. The van der Waals surface area contributed by atoms with Gasteiger partial charge in [0.05, 0.1) is 6.61 Å². The Bertz CT molecular complexity index is 1160. The number of hydrogen-bond donors (Lipinski definition) is 0. The van der Waals surface area contributed by atoms with Crippen LogP contribution >= 0.6 is 0 Å². The zero-order valence-corrected chi connectivity index (χ0v) is 19.4. The highest BCUT2D eigenvalue weighted by Crippen LogP contribution is 2.37. The quantitative estimate of drug-likeness (QED) is 0.543. The molecule has 3 aromatic carbocycles. The summed E-state index contributed by atoms with van der Waals surface area (Å²) < 4.78 is 11.1. The maximum atomic E-state index is 13.1. The van der Waals surface area contributed by atoms with E-state index in [1.807, 2.05) is 72.8 Å². The fourth-order valence-corrected chi connectivity index (χ4v) is 4.01. The summed E-state index contributed by atoms with van der Waals surface area (Å²) in [7, 11) is 0. The normalized spacial score (nSPS) is 18.4. The molecule has 2 aliphatic rings. The summed E-state index contributed by atoms with van der Waals surface area (Å²) in [6, 6.07) is 26.8. The van der Waals surface area contributed by atoms with Gasteiger partial charge in [0.25, 0.3) is 5.91 Å². The van der Waals surface area contributed by atoms with Gasteiger partial charge in [0.15, 0.2) is 12.1 Å². The molecule has 6 nitrogen and oxygen atoms in total. The summed E-state index contributed by atoms with van der Waals surface area (Å²) in [6.45, 7) is 4.35. The van der Waals surface area contributed by atoms with E-state index in [4.69, 9.17) is 9.47 Å². The van der Waals surface area contributed by atoms with Crippen LogP contribution in [0.4, 0.5) is 0 Å². The first-order chi connectivity index (χ1) is 16.6. The SMILES string of the molecule is CCOC(=O)CN1Cc2ccccc2C2OC(c3ccccc3)=NC2C1=O.Cc1ccccc1. The Hall–Kier alpha value is -3.93. The van der Waals surface area contributed by atoms with Crippen molar-refractivity contribution in [1.29, 1.82) is 0 Å². The van der Waals surface area contributed by atoms with Crippen molar-refractivity contribution >= 4 is 17.8 Å². The number of aliphatic imine (C=N–C) groups is 1. The summed E-state index contributed by atoms with van der Waals surface area (Å²) in [5.41, 5.74) is 4.03. The molecule has 174 valence electrons. The van der Waals surface area contributed by atoms with Gasteiger partial charge in [0.1, 0.15) is 6.54 Å². The van der Waals surface area contributed by atoms with Crippen LogP contribution in [-0.2, 0) is 25.6 Å². The summed E-state index contributed by atoms with van der Waals surface area (Å²) >= 11 is 0. The third-order valence-electron chi connectivity index (χ3n) is 5.66. The van der Waals surface area contributed by atoms with Crippen LogP contribution in [0.5, 0.6) is 0 Å². The molecule has 34 heavy (non-hydrogen) atoms. The largest absolute Gasteiger partial charge is 0.466 e. The molecule has 0 bridgehead atoms. The number of benzene rings is 3. The summed E-state index contributed by atoms with van der Waals surface area (Å²) in [6.07, 6.45) is -0.490. The minimum Gasteiger partial charge on any atom is -0.466 e. The number of aryl methyl sites for hydroxylation is 1. The molecule has 2 aliphatic heterocycles. The molecule has 2 heterocycles. The maximum absolute atomic E-state index is 13.1. The number of rotatable bonds is 4. The fraction of sp³-hybridized carbons (Fsp3) is 0.250. The standard InChI is InChI=1S/C21H20N2O4.C7H8/c1-2-26-17(24)13-23-12-15-10-6-7-11-16(15)19-18(21(23)25)22-20(27-19)14-8-4-3-5-9-14;1-7-5-3-2-4-6-7/h3-11,18-19H,2,12-13H2,1H3;2-6H,1H3. The molecule has 3 aromatic rings. The molecule has 2 atom stereocenters. The van der Waals surface area contributed by atoms with Crippen LogP contribution in [0.15, 0.2) is 89.9 Å². The predicted molar refractivity (Wildman–Crippen MR) is 130 cm³/mol. The molecule has 0 radical (unpaired) electrons. The van der Waals surface area contributed by atoms with Gasteiger partial charge >= 0.3 is 5.97 Å². The van der Waals surface area contributed by atoms with Crippen molar-refractivity contribution < 1.29 is 19.1 Å². The lowest BCUT2D eigenvalue weighted by molar-refractivity contribution is -0.150. The Morgan fingerprint density at radius 1 is 1.00 bits per heavy atom. The van der Waals surface area contributed by atoms with Gasteiger partial charge in [-0.2, -0.15) is 0 Å². The van der Waals surface area contributed by atoms with Gasteiger partial charge in [-0.3, -0.25) is 9.59 Å². The zero-order chi connectivity index (χ0) is 23.9. The lowest BCUT2D eigenvalue weighted by Crippen LogP contribution is -2.40. The highest BCUT2D eigenvalue weighted by Gasteiger charge is 2.43. The first kappa shape index (κ1) is 23.2. The Morgan fingerprint density at radius 3 is 2.29 bits per heavy atom. The van der Waals surface area contributed by atoms with Crippen molar-refractivity contribution in [2.45, 2.75) is 32.5 Å².